The molecule has 0 aromatic heterocycles. The van der Waals surface area contributed by atoms with Crippen molar-refractivity contribution >= 4 is 40.2 Å². The average Bonchev–Trinajstić information content (AvgIpc) is 2.21. The molecule has 0 aliphatic heterocycles. The Morgan fingerprint density at radius 1 is 1.53 bits per heavy atom. The molecule has 0 atom stereocenters. The van der Waals surface area contributed by atoms with Gasteiger partial charge in [0, 0.05) is 0 Å². The summed E-state index contributed by atoms with van der Waals surface area (Å²) in [6.07, 6.45) is 0. The molecule has 0 aliphatic carbocycles. The van der Waals surface area contributed by atoms with E-state index < -0.39 is 0 Å². The molecular weight excluding hydrogens is 232 g/mol. The lowest BCUT2D eigenvalue weighted by Gasteiger charge is -2.02. The molecule has 0 spiro atoms. The van der Waals surface area contributed by atoms with Crippen LogP contribution in [0.4, 0.5) is 5.69 Å². The number of benzene rings is 1. The van der Waals surface area contributed by atoms with E-state index in [0.717, 1.165) is 0 Å². The van der Waals surface area contributed by atoms with Crippen molar-refractivity contribution in [2.75, 3.05) is 5.43 Å². The molecule has 3 N–H and O–H groups in total. The molecule has 6 heteroatoms. The molecule has 0 radical (unpaired) electrons. The molecule has 0 saturated heterocycles. The van der Waals surface area contributed by atoms with Gasteiger partial charge in [0.05, 0.1) is 10.7 Å². The highest BCUT2D eigenvalue weighted by atomic mass is 35.5. The van der Waals surface area contributed by atoms with Crippen LogP contribution in [0.25, 0.3) is 0 Å². The van der Waals surface area contributed by atoms with E-state index in [4.69, 9.17) is 22.6 Å². The number of nitrogens with two attached hydrogens (primary N) is 1. The Morgan fingerprint density at radius 3 is 2.73 bits per heavy atom. The number of nitrogens with one attached hydrogen (secondary N) is 1. The predicted molar refractivity (Wildman–Crippen MR) is 64.9 cm³/mol. The maximum Gasteiger partial charge on any atom is 0.194 e. The van der Waals surface area contributed by atoms with Crippen molar-refractivity contribution in [3.05, 3.63) is 29.3 Å². The molecule has 4 nitrogen and oxygen atoms in total. The Morgan fingerprint density at radius 2 is 2.20 bits per heavy atom. The van der Waals surface area contributed by atoms with Gasteiger partial charge < -0.3 is 5.73 Å². The quantitative estimate of drug-likeness (QED) is 0.479. The second-order valence-electron chi connectivity index (χ2n) is 2.53. The zero-order chi connectivity index (χ0) is 11.3. The van der Waals surface area contributed by atoms with Gasteiger partial charge in [0.15, 0.2) is 5.71 Å². The first-order chi connectivity index (χ1) is 7.15. The average molecular weight is 239 g/mol. The van der Waals surface area contributed by atoms with Gasteiger partial charge in [0.1, 0.15) is 11.1 Å². The maximum atomic E-state index is 8.62. The molecule has 0 heterocycles. The molecule has 1 aromatic carbocycles. The van der Waals surface area contributed by atoms with Crippen LogP contribution in [-0.2, 0) is 0 Å². The Kier molecular flexibility index (Phi) is 4.03. The largest absolute Gasteiger partial charge is 0.387 e. The van der Waals surface area contributed by atoms with Crippen LogP contribution in [0.2, 0.25) is 5.02 Å². The number of anilines is 1. The van der Waals surface area contributed by atoms with Crippen molar-refractivity contribution in [2.45, 2.75) is 0 Å². The zero-order valence-corrected chi connectivity index (χ0v) is 9.14. The van der Waals surface area contributed by atoms with E-state index in [1.165, 1.54) is 0 Å². The summed E-state index contributed by atoms with van der Waals surface area (Å²) in [6, 6.07) is 8.77. The maximum absolute atomic E-state index is 8.62. The van der Waals surface area contributed by atoms with Crippen LogP contribution < -0.4 is 11.2 Å². The monoisotopic (exact) mass is 238 g/mol. The van der Waals surface area contributed by atoms with Crippen molar-refractivity contribution < 1.29 is 0 Å². The highest BCUT2D eigenvalue weighted by Crippen LogP contribution is 2.20. The van der Waals surface area contributed by atoms with Crippen LogP contribution in [0.3, 0.4) is 0 Å². The third-order valence-electron chi connectivity index (χ3n) is 1.50. The molecule has 0 amide bonds. The first-order valence-electron chi connectivity index (χ1n) is 3.93. The molecule has 0 aliphatic rings. The number of thiocarbonyl (C=S) groups is 1. The second kappa shape index (κ2) is 5.29. The smallest absolute Gasteiger partial charge is 0.194 e. The van der Waals surface area contributed by atoms with Crippen molar-refractivity contribution in [3.63, 3.8) is 0 Å². The molecular formula is C9H7ClN4S. The van der Waals surface area contributed by atoms with Gasteiger partial charge in [0.2, 0.25) is 0 Å². The van der Waals surface area contributed by atoms with Gasteiger partial charge >= 0.3 is 0 Å². The number of nitrogens with zero attached hydrogens (tertiary/aromatic N) is 2. The molecule has 1 aromatic rings. The Labute approximate surface area is 97.3 Å². The molecule has 0 saturated carbocycles. The van der Waals surface area contributed by atoms with Crippen molar-refractivity contribution in [1.29, 1.82) is 5.26 Å². The van der Waals surface area contributed by atoms with E-state index >= 15 is 0 Å². The first kappa shape index (κ1) is 11.4. The van der Waals surface area contributed by atoms with E-state index in [1.54, 1.807) is 30.3 Å². The molecule has 0 fully saturated rings. The van der Waals surface area contributed by atoms with Crippen LogP contribution in [0.5, 0.6) is 0 Å². The van der Waals surface area contributed by atoms with Gasteiger partial charge in [-0.2, -0.15) is 10.4 Å². The number of hydrogen-bond donors (Lipinski definition) is 2. The van der Waals surface area contributed by atoms with E-state index in [-0.39, 0.29) is 10.7 Å². The Balaban J connectivity index is 2.85. The van der Waals surface area contributed by atoms with E-state index in [1.807, 2.05) is 0 Å². The van der Waals surface area contributed by atoms with Gasteiger partial charge in [-0.25, -0.2) is 0 Å². The Hall–Kier alpha value is -1.64. The second-order valence-corrected chi connectivity index (χ2v) is 3.38. The van der Waals surface area contributed by atoms with Gasteiger partial charge in [-0.15, -0.1) is 0 Å². The third-order valence-corrected chi connectivity index (χ3v) is 2.02. The van der Waals surface area contributed by atoms with Crippen LogP contribution in [-0.4, -0.2) is 10.7 Å². The highest BCUT2D eigenvalue weighted by Gasteiger charge is 2.01. The van der Waals surface area contributed by atoms with Gasteiger partial charge in [-0.05, 0) is 12.1 Å². The summed E-state index contributed by atoms with van der Waals surface area (Å²) in [6.45, 7) is 0. The molecule has 15 heavy (non-hydrogen) atoms. The van der Waals surface area contributed by atoms with E-state index in [0.29, 0.717) is 10.7 Å². The highest BCUT2D eigenvalue weighted by molar-refractivity contribution is 7.82. The first-order valence-corrected chi connectivity index (χ1v) is 4.72. The fourth-order valence-corrected chi connectivity index (χ4v) is 1.07. The fourth-order valence-electron chi connectivity index (χ4n) is 0.803. The van der Waals surface area contributed by atoms with Gasteiger partial charge in [-0.3, -0.25) is 5.43 Å². The lowest BCUT2D eigenvalue weighted by molar-refractivity contribution is 1.34. The van der Waals surface area contributed by atoms with E-state index in [9.17, 15) is 0 Å². The van der Waals surface area contributed by atoms with Crippen LogP contribution in [0, 0.1) is 11.3 Å². The normalized spacial score (nSPS) is 10.5. The summed E-state index contributed by atoms with van der Waals surface area (Å²) in [7, 11) is 0. The molecule has 0 bridgehead atoms. The van der Waals surface area contributed by atoms with Crippen molar-refractivity contribution in [2.24, 2.45) is 10.8 Å². The van der Waals surface area contributed by atoms with E-state index in [2.05, 4.69) is 22.7 Å². The number of halogens is 1. The molecule has 76 valence electrons. The van der Waals surface area contributed by atoms with Gasteiger partial charge in [0.25, 0.3) is 0 Å². The van der Waals surface area contributed by atoms with Crippen molar-refractivity contribution in [3.8, 4) is 6.07 Å². The summed E-state index contributed by atoms with van der Waals surface area (Å²) in [4.78, 5) is -0.0583. The molecule has 0 unspecified atom stereocenters. The predicted octanol–water partition coefficient (Wildman–Crippen LogP) is 1.92. The summed E-state index contributed by atoms with van der Waals surface area (Å²) in [5.74, 6) is 0. The minimum Gasteiger partial charge on any atom is -0.387 e. The van der Waals surface area contributed by atoms with Crippen LogP contribution >= 0.6 is 23.8 Å². The van der Waals surface area contributed by atoms with Crippen LogP contribution in [0.1, 0.15) is 0 Å². The zero-order valence-electron chi connectivity index (χ0n) is 7.57. The molecule has 1 rings (SSSR count). The third kappa shape index (κ3) is 3.20. The number of para-hydroxylation sites is 1. The van der Waals surface area contributed by atoms with Crippen molar-refractivity contribution in [1.82, 2.24) is 0 Å². The fraction of sp³-hybridized carbons (Fsp3) is 0. The minimum atomic E-state index is -0.0583. The standard InChI is InChI=1S/C9H7ClN4S/c10-6-3-1-2-4-7(6)13-14-8(5-11)9(12)15/h1-4,13H,(H2,12,15). The topological polar surface area (TPSA) is 74.2 Å². The lowest BCUT2D eigenvalue weighted by atomic mass is 10.3. The number of nitriles is 1. The summed E-state index contributed by atoms with van der Waals surface area (Å²) < 4.78 is 0. The Bertz CT molecular complexity index is 450. The van der Waals surface area contributed by atoms with Crippen LogP contribution in [0.15, 0.2) is 29.4 Å². The van der Waals surface area contributed by atoms with Gasteiger partial charge in [-0.1, -0.05) is 36.0 Å². The SMILES string of the molecule is N#CC(=NNc1ccccc1Cl)C(N)=S. The summed E-state index contributed by atoms with van der Waals surface area (Å²) in [5, 5.41) is 12.9. The number of rotatable bonds is 3. The minimum absolute atomic E-state index is 0.0371. The summed E-state index contributed by atoms with van der Waals surface area (Å²) in [5.41, 5.74) is 8.42. The lowest BCUT2D eigenvalue weighted by Crippen LogP contribution is -2.20. The number of hydrazone groups is 1. The summed E-state index contributed by atoms with van der Waals surface area (Å²) >= 11 is 10.5. The number of hydrogen-bond acceptors (Lipinski definition) is 4.